The molecule has 2 aromatic rings. The molecule has 3 rings (SSSR count). The first-order valence-electron chi connectivity index (χ1n) is 10.5. The number of carbonyl (C=O) groups excluding carboxylic acids is 2. The molecule has 0 aliphatic carbocycles. The average molecular weight is 437 g/mol. The van der Waals surface area contributed by atoms with Gasteiger partial charge in [-0.05, 0) is 48.9 Å². The van der Waals surface area contributed by atoms with E-state index in [1.165, 1.54) is 11.0 Å². The van der Waals surface area contributed by atoms with Gasteiger partial charge in [-0.2, -0.15) is 0 Å². The predicted molar refractivity (Wildman–Crippen MR) is 120 cm³/mol. The molecule has 32 heavy (non-hydrogen) atoms. The lowest BCUT2D eigenvalue weighted by Gasteiger charge is -2.26. The smallest absolute Gasteiger partial charge is 0.267 e. The SMILES string of the molecule is C[C@@H](N)C(NC(=O)c1ccc(C#Cc2ccc(CN3CCOCC3)cc2)cc1)C(=O)NO. The Balaban J connectivity index is 1.58. The minimum Gasteiger partial charge on any atom is -0.379 e. The summed E-state index contributed by atoms with van der Waals surface area (Å²) in [5.74, 6) is 4.98. The molecule has 1 unspecified atom stereocenters. The second-order valence-corrected chi connectivity index (χ2v) is 7.70. The van der Waals surface area contributed by atoms with Gasteiger partial charge in [0.15, 0.2) is 0 Å². The fraction of sp³-hybridized carbons (Fsp3) is 0.333. The summed E-state index contributed by atoms with van der Waals surface area (Å²) >= 11 is 0. The number of rotatable bonds is 6. The molecule has 2 amide bonds. The molecular weight excluding hydrogens is 408 g/mol. The third kappa shape index (κ3) is 6.64. The van der Waals surface area contributed by atoms with E-state index in [1.54, 1.807) is 31.2 Å². The van der Waals surface area contributed by atoms with Crippen molar-refractivity contribution >= 4 is 11.8 Å². The number of hydrogen-bond acceptors (Lipinski definition) is 6. The highest BCUT2D eigenvalue weighted by atomic mass is 16.5. The predicted octanol–water partition coefficient (Wildman–Crippen LogP) is 0.870. The lowest BCUT2D eigenvalue weighted by molar-refractivity contribution is -0.131. The van der Waals surface area contributed by atoms with E-state index in [4.69, 9.17) is 15.7 Å². The van der Waals surface area contributed by atoms with Gasteiger partial charge in [-0.15, -0.1) is 0 Å². The molecule has 1 aliphatic heterocycles. The Morgan fingerprint density at radius 2 is 1.62 bits per heavy atom. The van der Waals surface area contributed by atoms with Crippen LogP contribution in [-0.4, -0.2) is 60.3 Å². The van der Waals surface area contributed by atoms with Crippen molar-refractivity contribution in [3.8, 4) is 11.8 Å². The van der Waals surface area contributed by atoms with Crippen LogP contribution >= 0.6 is 0 Å². The highest BCUT2D eigenvalue weighted by Gasteiger charge is 2.24. The first kappa shape index (κ1) is 23.4. The lowest BCUT2D eigenvalue weighted by Crippen LogP contribution is -2.54. The monoisotopic (exact) mass is 436 g/mol. The van der Waals surface area contributed by atoms with Crippen molar-refractivity contribution in [2.75, 3.05) is 26.3 Å². The number of morpholine rings is 1. The van der Waals surface area contributed by atoms with Gasteiger partial charge < -0.3 is 15.8 Å². The molecule has 0 radical (unpaired) electrons. The van der Waals surface area contributed by atoms with Gasteiger partial charge >= 0.3 is 0 Å². The van der Waals surface area contributed by atoms with Gasteiger partial charge in [0.25, 0.3) is 11.8 Å². The first-order chi connectivity index (χ1) is 15.5. The Bertz CT molecular complexity index is 972. The molecule has 1 heterocycles. The maximum absolute atomic E-state index is 12.4. The zero-order valence-electron chi connectivity index (χ0n) is 18.0. The van der Waals surface area contributed by atoms with Gasteiger partial charge in [0, 0.05) is 42.4 Å². The zero-order chi connectivity index (χ0) is 22.9. The molecule has 168 valence electrons. The van der Waals surface area contributed by atoms with E-state index < -0.39 is 23.9 Å². The number of hydrogen-bond donors (Lipinski definition) is 4. The van der Waals surface area contributed by atoms with Crippen LogP contribution in [0.4, 0.5) is 0 Å². The normalized spacial score (nSPS) is 15.7. The summed E-state index contributed by atoms with van der Waals surface area (Å²) in [5.41, 5.74) is 10.5. The molecule has 1 fully saturated rings. The largest absolute Gasteiger partial charge is 0.379 e. The minimum absolute atomic E-state index is 0.361. The van der Waals surface area contributed by atoms with Crippen LogP contribution < -0.4 is 16.5 Å². The summed E-state index contributed by atoms with van der Waals surface area (Å²) in [4.78, 5) is 26.4. The quantitative estimate of drug-likeness (QED) is 0.303. The Hall–Kier alpha value is -3.22. The molecule has 8 nitrogen and oxygen atoms in total. The number of benzene rings is 2. The van der Waals surface area contributed by atoms with Crippen LogP contribution in [0.2, 0.25) is 0 Å². The molecule has 0 spiro atoms. The van der Waals surface area contributed by atoms with Gasteiger partial charge in [-0.3, -0.25) is 19.7 Å². The van der Waals surface area contributed by atoms with E-state index in [0.717, 1.165) is 44.0 Å². The third-order valence-electron chi connectivity index (χ3n) is 5.17. The van der Waals surface area contributed by atoms with Gasteiger partial charge in [-0.25, -0.2) is 5.48 Å². The molecule has 0 bridgehead atoms. The van der Waals surface area contributed by atoms with Gasteiger partial charge in [-0.1, -0.05) is 24.0 Å². The van der Waals surface area contributed by atoms with E-state index in [1.807, 2.05) is 12.1 Å². The molecule has 0 saturated carbocycles. The van der Waals surface area contributed by atoms with E-state index in [0.29, 0.717) is 5.56 Å². The third-order valence-corrected chi connectivity index (χ3v) is 5.17. The summed E-state index contributed by atoms with van der Waals surface area (Å²) in [6.07, 6.45) is 0. The van der Waals surface area contributed by atoms with Gasteiger partial charge in [0.05, 0.1) is 13.2 Å². The van der Waals surface area contributed by atoms with Crippen molar-refractivity contribution in [3.63, 3.8) is 0 Å². The maximum atomic E-state index is 12.4. The first-order valence-corrected chi connectivity index (χ1v) is 10.5. The molecular formula is C24H28N4O4. The Morgan fingerprint density at radius 1 is 1.06 bits per heavy atom. The van der Waals surface area contributed by atoms with Crippen molar-refractivity contribution in [2.24, 2.45) is 5.73 Å². The van der Waals surface area contributed by atoms with Crippen LogP contribution in [0.15, 0.2) is 48.5 Å². The second-order valence-electron chi connectivity index (χ2n) is 7.70. The maximum Gasteiger partial charge on any atom is 0.267 e. The summed E-state index contributed by atoms with van der Waals surface area (Å²) < 4.78 is 5.38. The topological polar surface area (TPSA) is 117 Å². The fourth-order valence-electron chi connectivity index (χ4n) is 3.29. The summed E-state index contributed by atoms with van der Waals surface area (Å²) in [6.45, 7) is 5.95. The van der Waals surface area contributed by atoms with Crippen LogP contribution in [0.1, 0.15) is 34.0 Å². The minimum atomic E-state index is -1.04. The lowest BCUT2D eigenvalue weighted by atomic mass is 10.1. The van der Waals surface area contributed by atoms with E-state index in [2.05, 4.69) is 34.2 Å². The number of amides is 2. The molecule has 2 atom stereocenters. The standard InChI is InChI=1S/C24H28N4O4/c1-17(25)22(24(30)27-31)26-23(29)21-10-8-19(9-11-21)3-2-18-4-6-20(7-5-18)16-28-12-14-32-15-13-28/h4-11,17,22,31H,12-16,25H2,1H3,(H,26,29)(H,27,30)/t17-,22?/m1/s1. The Labute approximate surface area is 187 Å². The van der Waals surface area contributed by atoms with Crippen molar-refractivity contribution in [1.82, 2.24) is 15.7 Å². The number of carbonyl (C=O) groups is 2. The van der Waals surface area contributed by atoms with Crippen LogP contribution in [-0.2, 0) is 16.1 Å². The van der Waals surface area contributed by atoms with Crippen LogP contribution in [0, 0.1) is 11.8 Å². The van der Waals surface area contributed by atoms with Crippen molar-refractivity contribution in [2.45, 2.75) is 25.6 Å². The van der Waals surface area contributed by atoms with Crippen molar-refractivity contribution in [1.29, 1.82) is 0 Å². The fourth-order valence-corrected chi connectivity index (χ4v) is 3.29. The average Bonchev–Trinajstić information content (AvgIpc) is 2.82. The number of nitrogens with zero attached hydrogens (tertiary/aromatic N) is 1. The molecule has 1 aliphatic rings. The van der Waals surface area contributed by atoms with Crippen LogP contribution in [0.5, 0.6) is 0 Å². The Morgan fingerprint density at radius 3 is 2.16 bits per heavy atom. The summed E-state index contributed by atoms with van der Waals surface area (Å²) in [7, 11) is 0. The van der Waals surface area contributed by atoms with Gasteiger partial charge in [0.2, 0.25) is 0 Å². The van der Waals surface area contributed by atoms with E-state index in [-0.39, 0.29) is 0 Å². The molecule has 2 aromatic carbocycles. The summed E-state index contributed by atoms with van der Waals surface area (Å²) in [6, 6.07) is 13.2. The highest BCUT2D eigenvalue weighted by molar-refractivity contribution is 5.97. The molecule has 0 aromatic heterocycles. The molecule has 1 saturated heterocycles. The van der Waals surface area contributed by atoms with Crippen molar-refractivity contribution < 1.29 is 19.5 Å². The zero-order valence-corrected chi connectivity index (χ0v) is 18.0. The summed E-state index contributed by atoms with van der Waals surface area (Å²) in [5, 5.41) is 11.3. The second kappa shape index (κ2) is 11.4. The molecule has 5 N–H and O–H groups in total. The van der Waals surface area contributed by atoms with E-state index in [9.17, 15) is 9.59 Å². The Kier molecular flexibility index (Phi) is 8.36. The molecule has 8 heteroatoms. The van der Waals surface area contributed by atoms with Crippen molar-refractivity contribution in [3.05, 3.63) is 70.8 Å². The van der Waals surface area contributed by atoms with Crippen LogP contribution in [0.25, 0.3) is 0 Å². The number of ether oxygens (including phenoxy) is 1. The van der Waals surface area contributed by atoms with Gasteiger partial charge in [0.1, 0.15) is 6.04 Å². The highest BCUT2D eigenvalue weighted by Crippen LogP contribution is 2.09. The number of nitrogens with two attached hydrogens (primary N) is 1. The van der Waals surface area contributed by atoms with E-state index >= 15 is 0 Å². The number of hydroxylamine groups is 1. The number of nitrogens with one attached hydrogen (secondary N) is 2. The van der Waals surface area contributed by atoms with Crippen LogP contribution in [0.3, 0.4) is 0 Å².